The molecule has 0 radical (unpaired) electrons. The minimum absolute atomic E-state index is 0.0753. The fourth-order valence-electron chi connectivity index (χ4n) is 3.66. The number of amides is 3. The summed E-state index contributed by atoms with van der Waals surface area (Å²) in [7, 11) is 0. The third-order valence-electron chi connectivity index (χ3n) is 5.31. The molecule has 0 unspecified atom stereocenters. The number of urea groups is 1. The zero-order valence-corrected chi connectivity index (χ0v) is 14.7. The van der Waals surface area contributed by atoms with E-state index in [9.17, 15) is 14.4 Å². The monoisotopic (exact) mass is 344 g/mol. The number of aryl methyl sites for hydroxylation is 1. The first-order valence-electron chi connectivity index (χ1n) is 8.77. The lowest BCUT2D eigenvalue weighted by molar-refractivity contribution is -0.149. The molecule has 3 amide bonds. The maximum atomic E-state index is 12.8. The van der Waals surface area contributed by atoms with Crippen LogP contribution in [0, 0.1) is 12.8 Å². The molecule has 6 heteroatoms. The van der Waals surface area contributed by atoms with Gasteiger partial charge in [-0.1, -0.05) is 49.6 Å². The van der Waals surface area contributed by atoms with Crippen LogP contribution in [0.1, 0.15) is 43.7 Å². The summed E-state index contributed by atoms with van der Waals surface area (Å²) < 4.78 is 5.22. The Kier molecular flexibility index (Phi) is 4.79. The van der Waals surface area contributed by atoms with Gasteiger partial charge in [-0.15, -0.1) is 0 Å². The van der Waals surface area contributed by atoms with Crippen molar-refractivity contribution in [1.82, 2.24) is 10.2 Å². The van der Waals surface area contributed by atoms with Gasteiger partial charge in [0.25, 0.3) is 5.91 Å². The van der Waals surface area contributed by atoms with Gasteiger partial charge in [-0.2, -0.15) is 0 Å². The van der Waals surface area contributed by atoms with Crippen LogP contribution in [0.15, 0.2) is 24.3 Å². The van der Waals surface area contributed by atoms with Crippen LogP contribution in [-0.2, 0) is 20.9 Å². The van der Waals surface area contributed by atoms with Gasteiger partial charge >= 0.3 is 12.0 Å². The van der Waals surface area contributed by atoms with Crippen LogP contribution in [0.5, 0.6) is 0 Å². The van der Waals surface area contributed by atoms with E-state index in [-0.39, 0.29) is 25.0 Å². The Bertz CT molecular complexity index is 685. The molecule has 25 heavy (non-hydrogen) atoms. The van der Waals surface area contributed by atoms with Crippen LogP contribution in [0.2, 0.25) is 0 Å². The molecule has 1 spiro atoms. The van der Waals surface area contributed by atoms with Crippen molar-refractivity contribution in [3.05, 3.63) is 35.4 Å². The number of hydrogen-bond donors (Lipinski definition) is 1. The SMILES string of the molecule is Cc1ccc(COC(=O)CN2C(=O)N[C@]3(CCCC[C@H]3C)C2=O)cc1. The third-order valence-corrected chi connectivity index (χ3v) is 5.31. The predicted octanol–water partition coefficient (Wildman–Crippen LogP) is 2.54. The van der Waals surface area contributed by atoms with Crippen molar-refractivity contribution in [3.8, 4) is 0 Å². The number of nitrogens with one attached hydrogen (secondary N) is 1. The van der Waals surface area contributed by atoms with Gasteiger partial charge in [-0.3, -0.25) is 14.5 Å². The van der Waals surface area contributed by atoms with Gasteiger partial charge in [0.1, 0.15) is 18.7 Å². The standard InChI is InChI=1S/C19H24N2O4/c1-13-6-8-15(9-7-13)12-25-16(22)11-21-17(23)19(20-18(21)24)10-4-3-5-14(19)2/h6-9,14H,3-5,10-12H2,1-2H3,(H,20,24)/t14-,19+/m1/s1. The van der Waals surface area contributed by atoms with Crippen LogP contribution in [0.25, 0.3) is 0 Å². The highest BCUT2D eigenvalue weighted by atomic mass is 16.5. The molecule has 2 fully saturated rings. The van der Waals surface area contributed by atoms with Gasteiger partial charge in [0, 0.05) is 0 Å². The van der Waals surface area contributed by atoms with Gasteiger partial charge < -0.3 is 10.1 Å². The highest BCUT2D eigenvalue weighted by Crippen LogP contribution is 2.38. The van der Waals surface area contributed by atoms with Crippen molar-refractivity contribution < 1.29 is 19.1 Å². The summed E-state index contributed by atoms with van der Waals surface area (Å²) in [6, 6.07) is 7.15. The Hall–Kier alpha value is -2.37. The molecular formula is C19H24N2O4. The Labute approximate surface area is 147 Å². The maximum absolute atomic E-state index is 12.8. The van der Waals surface area contributed by atoms with Crippen LogP contribution in [0.4, 0.5) is 4.79 Å². The fourth-order valence-corrected chi connectivity index (χ4v) is 3.66. The van der Waals surface area contributed by atoms with E-state index in [1.165, 1.54) is 0 Å². The van der Waals surface area contributed by atoms with E-state index < -0.39 is 17.5 Å². The average molecular weight is 344 g/mol. The highest BCUT2D eigenvalue weighted by Gasteiger charge is 2.55. The van der Waals surface area contributed by atoms with Crippen LogP contribution in [0.3, 0.4) is 0 Å². The Morgan fingerprint density at radius 1 is 1.28 bits per heavy atom. The minimum atomic E-state index is -0.841. The van der Waals surface area contributed by atoms with Crippen LogP contribution >= 0.6 is 0 Å². The Morgan fingerprint density at radius 3 is 2.68 bits per heavy atom. The van der Waals surface area contributed by atoms with E-state index >= 15 is 0 Å². The van der Waals surface area contributed by atoms with E-state index in [1.807, 2.05) is 38.1 Å². The van der Waals surface area contributed by atoms with Gasteiger partial charge in [-0.25, -0.2) is 4.79 Å². The summed E-state index contributed by atoms with van der Waals surface area (Å²) >= 11 is 0. The number of nitrogens with zero attached hydrogens (tertiary/aromatic N) is 1. The molecule has 0 aromatic heterocycles. The minimum Gasteiger partial charge on any atom is -0.459 e. The quantitative estimate of drug-likeness (QED) is 0.673. The molecule has 1 N–H and O–H groups in total. The smallest absolute Gasteiger partial charge is 0.326 e. The van der Waals surface area contributed by atoms with Crippen LogP contribution < -0.4 is 5.32 Å². The summed E-state index contributed by atoms with van der Waals surface area (Å²) in [5.41, 5.74) is 1.15. The molecule has 1 aliphatic heterocycles. The molecule has 2 aliphatic rings. The lowest BCUT2D eigenvalue weighted by Gasteiger charge is -2.36. The van der Waals surface area contributed by atoms with Crippen molar-refractivity contribution in [2.45, 2.75) is 51.7 Å². The zero-order chi connectivity index (χ0) is 18.0. The molecule has 1 saturated carbocycles. The van der Waals surface area contributed by atoms with Crippen molar-refractivity contribution in [2.75, 3.05) is 6.54 Å². The molecule has 1 aromatic rings. The van der Waals surface area contributed by atoms with E-state index in [4.69, 9.17) is 4.74 Å². The molecule has 1 aromatic carbocycles. The first kappa shape index (κ1) is 17.5. The summed E-state index contributed by atoms with van der Waals surface area (Å²) in [4.78, 5) is 38.1. The number of carbonyl (C=O) groups is 3. The van der Waals surface area contributed by atoms with Crippen molar-refractivity contribution >= 4 is 17.9 Å². The first-order chi connectivity index (χ1) is 11.9. The van der Waals surface area contributed by atoms with E-state index in [1.54, 1.807) is 0 Å². The number of rotatable bonds is 4. The van der Waals surface area contributed by atoms with Gasteiger partial charge in [0.05, 0.1) is 0 Å². The van der Waals surface area contributed by atoms with E-state index in [0.29, 0.717) is 6.42 Å². The molecule has 1 saturated heterocycles. The first-order valence-corrected chi connectivity index (χ1v) is 8.77. The van der Waals surface area contributed by atoms with E-state index in [0.717, 1.165) is 35.3 Å². The van der Waals surface area contributed by atoms with E-state index in [2.05, 4.69) is 5.32 Å². The van der Waals surface area contributed by atoms with Crippen molar-refractivity contribution in [1.29, 1.82) is 0 Å². The predicted molar refractivity (Wildman–Crippen MR) is 91.6 cm³/mol. The molecular weight excluding hydrogens is 320 g/mol. The second-order valence-corrected chi connectivity index (χ2v) is 7.09. The summed E-state index contributed by atoms with van der Waals surface area (Å²) in [5.74, 6) is -0.798. The normalized spacial score (nSPS) is 26.0. The maximum Gasteiger partial charge on any atom is 0.326 e. The molecule has 1 heterocycles. The number of carbonyl (C=O) groups excluding carboxylic acids is 3. The average Bonchev–Trinajstić information content (AvgIpc) is 2.82. The number of esters is 1. The van der Waals surface area contributed by atoms with Crippen molar-refractivity contribution in [3.63, 3.8) is 0 Å². The Balaban J connectivity index is 1.60. The molecule has 1 aliphatic carbocycles. The third kappa shape index (κ3) is 3.38. The van der Waals surface area contributed by atoms with Gasteiger partial charge in [0.15, 0.2) is 0 Å². The molecule has 134 valence electrons. The number of imide groups is 1. The second-order valence-electron chi connectivity index (χ2n) is 7.09. The second kappa shape index (κ2) is 6.86. The topological polar surface area (TPSA) is 75.7 Å². The zero-order valence-electron chi connectivity index (χ0n) is 14.7. The lowest BCUT2D eigenvalue weighted by Crippen LogP contribution is -2.54. The molecule has 0 bridgehead atoms. The van der Waals surface area contributed by atoms with Crippen LogP contribution in [-0.4, -0.2) is 34.9 Å². The number of ether oxygens (including phenoxy) is 1. The summed E-state index contributed by atoms with van der Waals surface area (Å²) in [5, 5.41) is 2.83. The summed E-state index contributed by atoms with van der Waals surface area (Å²) in [6.07, 6.45) is 3.50. The largest absolute Gasteiger partial charge is 0.459 e. The van der Waals surface area contributed by atoms with Gasteiger partial charge in [0.2, 0.25) is 0 Å². The fraction of sp³-hybridized carbons (Fsp3) is 0.526. The van der Waals surface area contributed by atoms with Crippen molar-refractivity contribution in [2.24, 2.45) is 5.92 Å². The van der Waals surface area contributed by atoms with Gasteiger partial charge in [-0.05, 0) is 31.2 Å². The lowest BCUT2D eigenvalue weighted by atomic mass is 9.73. The number of hydrogen-bond acceptors (Lipinski definition) is 4. The molecule has 2 atom stereocenters. The number of benzene rings is 1. The Morgan fingerprint density at radius 2 is 2.00 bits per heavy atom. The summed E-state index contributed by atoms with van der Waals surface area (Å²) in [6.45, 7) is 3.75. The molecule has 3 rings (SSSR count). The highest BCUT2D eigenvalue weighted by molar-refractivity contribution is 6.08. The molecule has 6 nitrogen and oxygen atoms in total.